The molecule has 1 aliphatic rings. The molecular formula is C25H42N2O6. The largest absolute Gasteiger partial charge is 0.514 e. The van der Waals surface area contributed by atoms with Crippen molar-refractivity contribution < 1.29 is 29.0 Å². The summed E-state index contributed by atoms with van der Waals surface area (Å²) in [5, 5.41) is 12.5. The molecule has 188 valence electrons. The number of amides is 1. The fraction of sp³-hybridized carbons (Fsp3) is 0.720. The summed E-state index contributed by atoms with van der Waals surface area (Å²) >= 11 is 0. The van der Waals surface area contributed by atoms with Gasteiger partial charge < -0.3 is 19.9 Å². The first-order chi connectivity index (χ1) is 15.1. The molecule has 0 aromatic heterocycles. The molecule has 0 aromatic carbocycles. The third kappa shape index (κ3) is 8.84. The van der Waals surface area contributed by atoms with E-state index in [4.69, 9.17) is 9.47 Å². The fourth-order valence-electron chi connectivity index (χ4n) is 4.15. The topological polar surface area (TPSA) is 105 Å². The van der Waals surface area contributed by atoms with Gasteiger partial charge in [0.15, 0.2) is 0 Å². The molecule has 1 amide bonds. The minimum absolute atomic E-state index is 0.0392. The Morgan fingerprint density at radius 2 is 1.70 bits per heavy atom. The van der Waals surface area contributed by atoms with Gasteiger partial charge in [0, 0.05) is 19.4 Å². The molecule has 8 nitrogen and oxygen atoms in total. The van der Waals surface area contributed by atoms with E-state index in [0.717, 1.165) is 6.26 Å². The molecule has 0 aliphatic carbocycles. The predicted octanol–water partition coefficient (Wildman–Crippen LogP) is 3.87. The fourth-order valence-corrected chi connectivity index (χ4v) is 4.15. The Morgan fingerprint density at radius 1 is 1.12 bits per heavy atom. The minimum Gasteiger partial charge on any atom is -0.514 e. The Balaban J connectivity index is 3.54. The summed E-state index contributed by atoms with van der Waals surface area (Å²) in [6, 6.07) is -1.58. The minimum atomic E-state index is -0.910. The van der Waals surface area contributed by atoms with Gasteiger partial charge in [-0.25, -0.2) is 0 Å². The van der Waals surface area contributed by atoms with Crippen molar-refractivity contribution in [3.8, 4) is 0 Å². The standard InChI is InChI=1S/C25H42N2O6/c1-10-12-17-13-20(22(30)32-24(4,5)6)27(14-17)21(23(31)33-25(7,8)9)18(11-2)19(15-28)26-16(3)29/h10,12,15,17-18,20-21,28H,11,13-14H2,1-9H3,(H,26,29)/t17?,18-,20?,21+/m0/s1. The Labute approximate surface area is 198 Å². The van der Waals surface area contributed by atoms with E-state index in [0.29, 0.717) is 19.4 Å². The van der Waals surface area contributed by atoms with Crippen molar-refractivity contribution in [2.75, 3.05) is 6.54 Å². The smallest absolute Gasteiger partial charge is 0.324 e. The molecule has 0 saturated carbocycles. The highest BCUT2D eigenvalue weighted by Gasteiger charge is 2.48. The molecule has 33 heavy (non-hydrogen) atoms. The van der Waals surface area contributed by atoms with Crippen LogP contribution in [0.5, 0.6) is 0 Å². The molecule has 2 N–H and O–H groups in total. The van der Waals surface area contributed by atoms with Crippen LogP contribution in [0.3, 0.4) is 0 Å². The predicted molar refractivity (Wildman–Crippen MR) is 127 cm³/mol. The van der Waals surface area contributed by atoms with Crippen LogP contribution in [0, 0.1) is 11.8 Å². The lowest BCUT2D eigenvalue weighted by Crippen LogP contribution is -2.54. The Morgan fingerprint density at radius 3 is 2.12 bits per heavy atom. The SMILES string of the molecule is CC=CC1CC(C(=O)OC(C)(C)C)N([C@@H](C(=O)OC(C)(C)C)[C@@H](CC)C(=CO)NC(C)=O)C1. The highest BCUT2D eigenvalue weighted by atomic mass is 16.6. The number of carbonyl (C=O) groups is 3. The molecule has 1 fully saturated rings. The van der Waals surface area contributed by atoms with Gasteiger partial charge in [0.1, 0.15) is 23.3 Å². The maximum Gasteiger partial charge on any atom is 0.324 e. The van der Waals surface area contributed by atoms with Gasteiger partial charge in [-0.3, -0.25) is 19.3 Å². The van der Waals surface area contributed by atoms with E-state index in [2.05, 4.69) is 5.32 Å². The molecule has 0 radical (unpaired) electrons. The van der Waals surface area contributed by atoms with Crippen LogP contribution in [0.25, 0.3) is 0 Å². The van der Waals surface area contributed by atoms with Gasteiger partial charge in [-0.15, -0.1) is 0 Å². The number of rotatable bonds is 8. The van der Waals surface area contributed by atoms with Gasteiger partial charge in [0.05, 0.1) is 12.0 Å². The van der Waals surface area contributed by atoms with Crippen LogP contribution in [0.2, 0.25) is 0 Å². The van der Waals surface area contributed by atoms with Gasteiger partial charge in [-0.05, 0) is 67.2 Å². The van der Waals surface area contributed by atoms with Crippen molar-refractivity contribution in [3.05, 3.63) is 24.1 Å². The summed E-state index contributed by atoms with van der Waals surface area (Å²) in [4.78, 5) is 40.3. The lowest BCUT2D eigenvalue weighted by molar-refractivity contribution is -0.169. The van der Waals surface area contributed by atoms with E-state index >= 15 is 0 Å². The normalized spacial score (nSPS) is 22.2. The zero-order valence-corrected chi connectivity index (χ0v) is 21.6. The van der Waals surface area contributed by atoms with E-state index in [1.165, 1.54) is 6.92 Å². The van der Waals surface area contributed by atoms with Crippen LogP contribution in [0.1, 0.15) is 75.2 Å². The Bertz CT molecular complexity index is 760. The number of ether oxygens (including phenoxy) is 2. The number of aliphatic hydroxyl groups is 1. The molecule has 1 saturated heterocycles. The number of allylic oxidation sites excluding steroid dienone is 1. The number of nitrogens with one attached hydrogen (secondary N) is 1. The van der Waals surface area contributed by atoms with Gasteiger partial charge in [-0.2, -0.15) is 0 Å². The van der Waals surface area contributed by atoms with Crippen LogP contribution >= 0.6 is 0 Å². The number of esters is 2. The van der Waals surface area contributed by atoms with Gasteiger partial charge in [-0.1, -0.05) is 19.1 Å². The highest BCUT2D eigenvalue weighted by Crippen LogP contribution is 2.34. The zero-order chi connectivity index (χ0) is 25.6. The summed E-state index contributed by atoms with van der Waals surface area (Å²) < 4.78 is 11.4. The number of carbonyl (C=O) groups excluding carboxylic acids is 3. The van der Waals surface area contributed by atoms with Crippen molar-refractivity contribution in [1.29, 1.82) is 0 Å². The maximum absolute atomic E-state index is 13.5. The van der Waals surface area contributed by atoms with E-state index in [-0.39, 0.29) is 17.5 Å². The number of aliphatic hydroxyl groups excluding tert-OH is 1. The molecule has 1 heterocycles. The first kappa shape index (κ1) is 28.7. The van der Waals surface area contributed by atoms with Gasteiger partial charge >= 0.3 is 11.9 Å². The van der Waals surface area contributed by atoms with E-state index in [1.807, 2.05) is 30.9 Å². The van der Waals surface area contributed by atoms with Crippen LogP contribution in [-0.4, -0.2) is 57.7 Å². The number of hydrogen-bond acceptors (Lipinski definition) is 7. The summed E-state index contributed by atoms with van der Waals surface area (Å²) in [5.41, 5.74) is -1.23. The van der Waals surface area contributed by atoms with Crippen molar-refractivity contribution in [3.63, 3.8) is 0 Å². The zero-order valence-electron chi connectivity index (χ0n) is 21.6. The van der Waals surface area contributed by atoms with Crippen LogP contribution < -0.4 is 5.32 Å². The first-order valence-electron chi connectivity index (χ1n) is 11.6. The average Bonchev–Trinajstić information content (AvgIpc) is 3.05. The summed E-state index contributed by atoms with van der Waals surface area (Å²) in [7, 11) is 0. The molecule has 0 bridgehead atoms. The Kier molecular flexibility index (Phi) is 10.2. The van der Waals surface area contributed by atoms with E-state index in [1.54, 1.807) is 41.5 Å². The molecular weight excluding hydrogens is 424 g/mol. The maximum atomic E-state index is 13.5. The molecule has 1 aliphatic heterocycles. The summed E-state index contributed by atoms with van der Waals surface area (Å²) in [6.45, 7) is 16.3. The second kappa shape index (κ2) is 11.7. The van der Waals surface area contributed by atoms with Crippen molar-refractivity contribution in [2.24, 2.45) is 11.8 Å². The number of likely N-dealkylation sites (tertiary alicyclic amines) is 1. The number of hydrogen-bond donors (Lipinski definition) is 2. The van der Waals surface area contributed by atoms with Crippen molar-refractivity contribution in [1.82, 2.24) is 10.2 Å². The van der Waals surface area contributed by atoms with Crippen LogP contribution in [-0.2, 0) is 23.9 Å². The van der Waals surface area contributed by atoms with Crippen molar-refractivity contribution in [2.45, 2.75) is 98.4 Å². The summed E-state index contributed by atoms with van der Waals surface area (Å²) in [5.74, 6) is -1.87. The second-order valence-electron chi connectivity index (χ2n) is 10.5. The third-order valence-corrected chi connectivity index (χ3v) is 5.20. The molecule has 2 unspecified atom stereocenters. The quantitative estimate of drug-likeness (QED) is 0.318. The highest BCUT2D eigenvalue weighted by molar-refractivity contribution is 5.82. The molecule has 4 atom stereocenters. The van der Waals surface area contributed by atoms with Crippen LogP contribution in [0.15, 0.2) is 24.1 Å². The summed E-state index contributed by atoms with van der Waals surface area (Å²) in [6.07, 6.45) is 5.67. The first-order valence-corrected chi connectivity index (χ1v) is 11.6. The van der Waals surface area contributed by atoms with Crippen molar-refractivity contribution >= 4 is 17.8 Å². The molecule has 8 heteroatoms. The van der Waals surface area contributed by atoms with Gasteiger partial charge in [0.2, 0.25) is 5.91 Å². The molecule has 0 spiro atoms. The van der Waals surface area contributed by atoms with E-state index < -0.39 is 41.1 Å². The molecule has 0 aromatic rings. The second-order valence-corrected chi connectivity index (χ2v) is 10.5. The van der Waals surface area contributed by atoms with E-state index in [9.17, 15) is 19.5 Å². The van der Waals surface area contributed by atoms with Gasteiger partial charge in [0.25, 0.3) is 0 Å². The average molecular weight is 467 g/mol. The number of nitrogens with zero attached hydrogens (tertiary/aromatic N) is 1. The lowest BCUT2D eigenvalue weighted by atomic mass is 9.91. The third-order valence-electron chi connectivity index (χ3n) is 5.20. The molecule has 1 rings (SSSR count). The lowest BCUT2D eigenvalue weighted by Gasteiger charge is -2.38. The monoisotopic (exact) mass is 466 g/mol. The Hall–Kier alpha value is -2.35. The van der Waals surface area contributed by atoms with Crippen LogP contribution in [0.4, 0.5) is 0 Å².